The summed E-state index contributed by atoms with van der Waals surface area (Å²) in [5.41, 5.74) is 2.70. The number of fused-ring (bicyclic) bond motifs is 1. The van der Waals surface area contributed by atoms with Gasteiger partial charge >= 0.3 is 5.97 Å². The van der Waals surface area contributed by atoms with E-state index >= 15 is 0 Å². The molecule has 0 radical (unpaired) electrons. The molecule has 0 spiro atoms. The second-order valence-electron chi connectivity index (χ2n) is 5.99. The highest BCUT2D eigenvalue weighted by Gasteiger charge is 2.45. The number of hydrogen-bond acceptors (Lipinski definition) is 3. The minimum absolute atomic E-state index is 0.0870. The van der Waals surface area contributed by atoms with Crippen molar-refractivity contribution in [3.05, 3.63) is 23.3 Å². The van der Waals surface area contributed by atoms with Gasteiger partial charge in [-0.15, -0.1) is 0 Å². The lowest BCUT2D eigenvalue weighted by Crippen LogP contribution is -2.40. The maximum Gasteiger partial charge on any atom is 0.333 e. The van der Waals surface area contributed by atoms with Crippen molar-refractivity contribution in [1.82, 2.24) is 0 Å². The Kier molecular flexibility index (Phi) is 3.66. The highest BCUT2D eigenvalue weighted by molar-refractivity contribution is 5.93. The van der Waals surface area contributed by atoms with Gasteiger partial charge in [-0.3, -0.25) is 4.79 Å². The minimum Gasteiger partial charge on any atom is -0.466 e. The van der Waals surface area contributed by atoms with Gasteiger partial charge in [-0.2, -0.15) is 0 Å². The van der Waals surface area contributed by atoms with E-state index < -0.39 is 5.97 Å². The molecule has 0 unspecified atom stereocenters. The number of ketones is 1. The van der Waals surface area contributed by atoms with Gasteiger partial charge < -0.3 is 4.74 Å². The molecule has 2 rings (SSSR count). The van der Waals surface area contributed by atoms with Gasteiger partial charge in [0.1, 0.15) is 5.78 Å². The molecule has 19 heavy (non-hydrogen) atoms. The van der Waals surface area contributed by atoms with Crippen LogP contribution < -0.4 is 0 Å². The van der Waals surface area contributed by atoms with Crippen LogP contribution in [0.3, 0.4) is 0 Å². The molecular weight excluding hydrogens is 240 g/mol. The van der Waals surface area contributed by atoms with Crippen LogP contribution in [0.5, 0.6) is 0 Å². The third-order valence-corrected chi connectivity index (χ3v) is 4.85. The maximum atomic E-state index is 12.5. The molecule has 3 nitrogen and oxygen atoms in total. The van der Waals surface area contributed by atoms with E-state index in [4.69, 9.17) is 4.74 Å². The van der Waals surface area contributed by atoms with Crippen LogP contribution in [0.1, 0.15) is 46.0 Å². The number of ether oxygens (including phenoxy) is 1. The van der Waals surface area contributed by atoms with E-state index in [9.17, 15) is 9.59 Å². The molecule has 0 bridgehead atoms. The average Bonchev–Trinajstić information content (AvgIpc) is 2.39. The fraction of sp³-hybridized carbons (Fsp3) is 0.625. The zero-order chi connectivity index (χ0) is 14.2. The van der Waals surface area contributed by atoms with Gasteiger partial charge in [-0.25, -0.2) is 4.79 Å². The topological polar surface area (TPSA) is 43.4 Å². The maximum absolute atomic E-state index is 12.5. The fourth-order valence-electron chi connectivity index (χ4n) is 3.50. The first kappa shape index (κ1) is 14.0. The van der Waals surface area contributed by atoms with Gasteiger partial charge in [0.15, 0.2) is 0 Å². The van der Waals surface area contributed by atoms with Gasteiger partial charge in [0.05, 0.1) is 7.11 Å². The SMILES string of the molecule is C=C(C(=O)OC)[C@@H]1CC(=O)[C@@]2(C)CCCC(C)=C2C1. The Bertz CT molecular complexity index is 472. The molecule has 0 N–H and O–H groups in total. The molecule has 0 aliphatic heterocycles. The third-order valence-electron chi connectivity index (χ3n) is 4.85. The largest absolute Gasteiger partial charge is 0.466 e. The van der Waals surface area contributed by atoms with E-state index in [-0.39, 0.29) is 17.1 Å². The smallest absolute Gasteiger partial charge is 0.333 e. The number of carbonyl (C=O) groups is 2. The Labute approximate surface area is 114 Å². The lowest BCUT2D eigenvalue weighted by Gasteiger charge is -2.42. The van der Waals surface area contributed by atoms with E-state index in [0.29, 0.717) is 12.0 Å². The second-order valence-corrected chi connectivity index (χ2v) is 5.99. The van der Waals surface area contributed by atoms with Crippen molar-refractivity contribution in [2.45, 2.75) is 46.0 Å². The number of Topliss-reactive ketones (excluding diaryl/α,β-unsaturated/α-hetero) is 1. The summed E-state index contributed by atoms with van der Waals surface area (Å²) in [6.45, 7) is 7.99. The van der Waals surface area contributed by atoms with Crippen molar-refractivity contribution in [1.29, 1.82) is 0 Å². The van der Waals surface area contributed by atoms with Crippen molar-refractivity contribution < 1.29 is 14.3 Å². The van der Waals surface area contributed by atoms with Crippen LogP contribution in [0.2, 0.25) is 0 Å². The van der Waals surface area contributed by atoms with Gasteiger partial charge in [0, 0.05) is 23.3 Å². The van der Waals surface area contributed by atoms with Crippen molar-refractivity contribution in [3.63, 3.8) is 0 Å². The van der Waals surface area contributed by atoms with E-state index in [0.717, 1.165) is 25.7 Å². The van der Waals surface area contributed by atoms with Crippen LogP contribution in [-0.2, 0) is 14.3 Å². The molecule has 2 aliphatic carbocycles. The first-order valence-corrected chi connectivity index (χ1v) is 6.89. The van der Waals surface area contributed by atoms with E-state index in [1.54, 1.807) is 0 Å². The summed E-state index contributed by atoms with van der Waals surface area (Å²) < 4.78 is 4.72. The number of hydrogen-bond donors (Lipinski definition) is 0. The zero-order valence-corrected chi connectivity index (χ0v) is 12.0. The number of rotatable bonds is 2. The Hall–Kier alpha value is -1.38. The van der Waals surface area contributed by atoms with Crippen LogP contribution in [0.4, 0.5) is 0 Å². The summed E-state index contributed by atoms with van der Waals surface area (Å²) in [5, 5.41) is 0. The predicted octanol–water partition coefficient (Wildman–Crippen LogP) is 3.20. The number of methoxy groups -OCH3 is 1. The molecule has 0 aromatic carbocycles. The highest BCUT2D eigenvalue weighted by atomic mass is 16.5. The molecule has 0 amide bonds. The molecule has 0 heterocycles. The predicted molar refractivity (Wildman–Crippen MR) is 73.5 cm³/mol. The third kappa shape index (κ3) is 2.26. The molecule has 104 valence electrons. The summed E-state index contributed by atoms with van der Waals surface area (Å²) in [7, 11) is 1.35. The first-order valence-electron chi connectivity index (χ1n) is 6.89. The summed E-state index contributed by atoms with van der Waals surface area (Å²) in [6, 6.07) is 0. The van der Waals surface area contributed by atoms with E-state index in [1.807, 2.05) is 0 Å². The normalized spacial score (nSPS) is 30.9. The quantitative estimate of drug-likeness (QED) is 0.436. The molecule has 0 aromatic heterocycles. The summed E-state index contributed by atoms with van der Waals surface area (Å²) in [5.74, 6) is -0.227. The molecule has 1 saturated carbocycles. The zero-order valence-electron chi connectivity index (χ0n) is 12.0. The van der Waals surface area contributed by atoms with Gasteiger partial charge in [0.2, 0.25) is 0 Å². The highest BCUT2D eigenvalue weighted by Crippen LogP contribution is 2.50. The molecular formula is C16H22O3. The molecule has 3 heteroatoms. The minimum atomic E-state index is -0.393. The van der Waals surface area contributed by atoms with Crippen molar-refractivity contribution in [2.24, 2.45) is 11.3 Å². The van der Waals surface area contributed by atoms with Crippen LogP contribution >= 0.6 is 0 Å². The lowest BCUT2D eigenvalue weighted by molar-refractivity contribution is -0.137. The lowest BCUT2D eigenvalue weighted by atomic mass is 9.60. The van der Waals surface area contributed by atoms with Crippen LogP contribution in [-0.4, -0.2) is 18.9 Å². The summed E-state index contributed by atoms with van der Waals surface area (Å²) >= 11 is 0. The van der Waals surface area contributed by atoms with E-state index in [2.05, 4.69) is 20.4 Å². The van der Waals surface area contributed by atoms with Gasteiger partial charge in [-0.1, -0.05) is 17.7 Å². The van der Waals surface area contributed by atoms with Crippen molar-refractivity contribution in [3.8, 4) is 0 Å². The Morgan fingerprint density at radius 1 is 1.42 bits per heavy atom. The van der Waals surface area contributed by atoms with Crippen LogP contribution in [0.15, 0.2) is 23.3 Å². The summed E-state index contributed by atoms with van der Waals surface area (Å²) in [4.78, 5) is 24.1. The number of esters is 1. The number of carbonyl (C=O) groups excluding carboxylic acids is 2. The average molecular weight is 262 g/mol. The molecule has 0 saturated heterocycles. The Morgan fingerprint density at radius 2 is 2.11 bits per heavy atom. The molecule has 2 aliphatic rings. The Balaban J connectivity index is 2.30. The fourth-order valence-corrected chi connectivity index (χ4v) is 3.50. The van der Waals surface area contributed by atoms with Crippen LogP contribution in [0.25, 0.3) is 0 Å². The monoisotopic (exact) mass is 262 g/mol. The summed E-state index contributed by atoms with van der Waals surface area (Å²) in [6.07, 6.45) is 4.29. The standard InChI is InChI=1S/C16H22O3/c1-10-6-5-7-16(3)13(10)8-12(9-14(16)17)11(2)15(18)19-4/h12H,2,5-9H2,1,3-4H3/t12-,16-/m0/s1. The Morgan fingerprint density at radius 3 is 2.74 bits per heavy atom. The van der Waals surface area contributed by atoms with Crippen LogP contribution in [0, 0.1) is 11.3 Å². The van der Waals surface area contributed by atoms with Crippen molar-refractivity contribution in [2.75, 3.05) is 7.11 Å². The second kappa shape index (κ2) is 4.95. The van der Waals surface area contributed by atoms with Gasteiger partial charge in [0.25, 0.3) is 0 Å². The molecule has 0 aromatic rings. The molecule has 1 fully saturated rings. The number of allylic oxidation sites excluding steroid dienone is 2. The van der Waals surface area contributed by atoms with E-state index in [1.165, 1.54) is 18.3 Å². The van der Waals surface area contributed by atoms with Crippen molar-refractivity contribution >= 4 is 11.8 Å². The first-order chi connectivity index (χ1) is 8.90. The molecule has 2 atom stereocenters. The van der Waals surface area contributed by atoms with Gasteiger partial charge in [-0.05, 0) is 39.5 Å².